The molecule has 2 aromatic carbocycles. The standard InChI is InChI=1S/C18H16IN3O3S/c1-13-9-11-14(12-10-13)26(24,25)21-18-8-4-6-16(19-18)15-5-2-3-7-17(15)20-22-23/h2-12,21H,1H3,(H,20,23)/p-1. The van der Waals surface area contributed by atoms with Crippen molar-refractivity contribution in [2.45, 2.75) is 11.8 Å². The molecule has 0 amide bonds. The van der Waals surface area contributed by atoms with Crippen LogP contribution < -0.4 is 4.72 Å². The summed E-state index contributed by atoms with van der Waals surface area (Å²) >= 11 is -0.791. The lowest BCUT2D eigenvalue weighted by molar-refractivity contribution is 0.590. The molecule has 1 heterocycles. The van der Waals surface area contributed by atoms with Crippen molar-refractivity contribution >= 4 is 40.0 Å². The normalized spacial score (nSPS) is 14.5. The highest BCUT2D eigenvalue weighted by Gasteiger charge is 2.16. The van der Waals surface area contributed by atoms with Crippen LogP contribution in [0.2, 0.25) is 0 Å². The van der Waals surface area contributed by atoms with Crippen molar-refractivity contribution in [3.05, 3.63) is 86.8 Å². The van der Waals surface area contributed by atoms with Gasteiger partial charge in [0.25, 0.3) is 10.0 Å². The second kappa shape index (κ2) is 7.92. The first kappa shape index (κ1) is 18.5. The maximum Gasteiger partial charge on any atom is 0.262 e. The van der Waals surface area contributed by atoms with Crippen LogP contribution in [0, 0.1) is 12.1 Å². The van der Waals surface area contributed by atoms with Crippen LogP contribution in [0.3, 0.4) is 0 Å². The van der Waals surface area contributed by atoms with Crippen molar-refractivity contribution in [2.75, 3.05) is 0 Å². The van der Waals surface area contributed by atoms with E-state index in [1.807, 2.05) is 25.1 Å². The molecule has 0 radical (unpaired) electrons. The third-order valence-corrected chi connectivity index (χ3v) is 8.04. The lowest BCUT2D eigenvalue weighted by Crippen LogP contribution is -2.21. The summed E-state index contributed by atoms with van der Waals surface area (Å²) in [5.41, 5.74) is 2.26. The molecule has 2 aromatic rings. The van der Waals surface area contributed by atoms with Gasteiger partial charge in [0.2, 0.25) is 0 Å². The lowest BCUT2D eigenvalue weighted by Gasteiger charge is -2.13. The first-order valence-corrected chi connectivity index (χ1v) is 11.3. The van der Waals surface area contributed by atoms with Crippen LogP contribution in [-0.2, 0) is 10.0 Å². The summed E-state index contributed by atoms with van der Waals surface area (Å²) in [6.45, 7) is 1.90. The molecule has 0 unspecified atom stereocenters. The van der Waals surface area contributed by atoms with Crippen LogP contribution in [0.4, 0.5) is 5.69 Å². The van der Waals surface area contributed by atoms with Crippen molar-refractivity contribution in [2.24, 2.45) is 10.4 Å². The minimum atomic E-state index is -3.63. The zero-order chi connectivity index (χ0) is 18.6. The van der Waals surface area contributed by atoms with E-state index in [0.29, 0.717) is 9.39 Å². The van der Waals surface area contributed by atoms with E-state index in [2.05, 4.69) is 15.1 Å². The molecule has 1 N–H and O–H groups in total. The number of nitrogens with zero attached hydrogens (tertiary/aromatic N) is 2. The van der Waals surface area contributed by atoms with Crippen LogP contribution in [0.5, 0.6) is 0 Å². The molecule has 134 valence electrons. The highest BCUT2D eigenvalue weighted by molar-refractivity contribution is 14.2. The molecule has 0 aromatic heterocycles. The summed E-state index contributed by atoms with van der Waals surface area (Å²) < 4.78 is 29.4. The van der Waals surface area contributed by atoms with Crippen molar-refractivity contribution in [1.82, 2.24) is 4.72 Å². The number of hydrogen-bond donors (Lipinski definition) is 1. The van der Waals surface area contributed by atoms with E-state index in [9.17, 15) is 13.6 Å². The fourth-order valence-electron chi connectivity index (χ4n) is 2.30. The Morgan fingerprint density at radius 2 is 1.81 bits per heavy atom. The molecule has 0 spiro atoms. The van der Waals surface area contributed by atoms with Crippen molar-refractivity contribution in [1.29, 1.82) is 0 Å². The summed E-state index contributed by atoms with van der Waals surface area (Å²) in [6.07, 6.45) is 5.47. The molecular formula is C18H15IN3O3S-. The van der Waals surface area contributed by atoms with Gasteiger partial charge in [-0.15, -0.1) is 0 Å². The first-order chi connectivity index (χ1) is 12.5. The van der Waals surface area contributed by atoms with Crippen LogP contribution >= 0.6 is 20.7 Å². The zero-order valence-electron chi connectivity index (χ0n) is 13.8. The molecule has 0 fully saturated rings. The summed E-state index contributed by atoms with van der Waals surface area (Å²) in [5, 5.41) is 16.7. The number of sulfonamides is 1. The molecule has 0 bridgehead atoms. The van der Waals surface area contributed by atoms with Crippen molar-refractivity contribution in [3.8, 4) is 0 Å². The molecule has 1 aliphatic rings. The molecule has 0 saturated heterocycles. The SMILES string of the molecule is Cc1ccc(S(=O)(=O)NC2=CC=CC(c3ccccc3N=N[O-])=I2)cc1. The molecule has 0 atom stereocenters. The molecule has 8 heteroatoms. The van der Waals surface area contributed by atoms with Gasteiger partial charge in [-0.05, 0) is 37.3 Å². The van der Waals surface area contributed by atoms with Gasteiger partial charge in [0.1, 0.15) is 0 Å². The van der Waals surface area contributed by atoms with E-state index in [-0.39, 0.29) is 4.90 Å². The minimum absolute atomic E-state index is 0.227. The monoisotopic (exact) mass is 480 g/mol. The molecule has 0 aliphatic carbocycles. The molecule has 3 rings (SSSR count). The second-order valence-corrected chi connectivity index (χ2v) is 9.98. The van der Waals surface area contributed by atoms with Gasteiger partial charge >= 0.3 is 0 Å². The smallest absolute Gasteiger partial charge is 0.262 e. The summed E-state index contributed by atoms with van der Waals surface area (Å²) in [5.74, 6) is 0. The average Bonchev–Trinajstić information content (AvgIpc) is 2.63. The summed E-state index contributed by atoms with van der Waals surface area (Å²) in [6, 6.07) is 13.9. The highest BCUT2D eigenvalue weighted by atomic mass is 127. The first-order valence-electron chi connectivity index (χ1n) is 7.62. The van der Waals surface area contributed by atoms with Gasteiger partial charge in [-0.3, -0.25) is 4.72 Å². The van der Waals surface area contributed by atoms with Crippen LogP contribution in [-0.4, -0.2) is 11.9 Å². The number of allylic oxidation sites excluding steroid dienone is 3. The van der Waals surface area contributed by atoms with Gasteiger partial charge in [0.15, 0.2) is 0 Å². The quantitative estimate of drug-likeness (QED) is 0.297. The number of hydrogen-bond acceptors (Lipinski definition) is 5. The van der Waals surface area contributed by atoms with Gasteiger partial charge in [0.05, 0.1) is 14.3 Å². The Kier molecular flexibility index (Phi) is 5.62. The predicted molar refractivity (Wildman–Crippen MR) is 111 cm³/mol. The number of benzene rings is 2. The fraction of sp³-hybridized carbons (Fsp3) is 0.0556. The Balaban J connectivity index is 1.90. The van der Waals surface area contributed by atoms with Crippen molar-refractivity contribution in [3.63, 3.8) is 0 Å². The Hall–Kier alpha value is -2.33. The van der Waals surface area contributed by atoms with Gasteiger partial charge in [-0.1, -0.05) is 62.7 Å². The number of aryl methyl sites for hydroxylation is 1. The van der Waals surface area contributed by atoms with Gasteiger partial charge < -0.3 is 5.21 Å². The Bertz CT molecular complexity index is 1040. The van der Waals surface area contributed by atoms with E-state index < -0.39 is 30.8 Å². The Morgan fingerprint density at radius 3 is 2.54 bits per heavy atom. The number of rotatable bonds is 5. The van der Waals surface area contributed by atoms with Crippen LogP contribution in [0.25, 0.3) is 0 Å². The van der Waals surface area contributed by atoms with Gasteiger partial charge in [-0.25, -0.2) is 13.7 Å². The van der Waals surface area contributed by atoms with E-state index in [1.165, 1.54) is 0 Å². The van der Waals surface area contributed by atoms with E-state index in [4.69, 9.17) is 0 Å². The molecule has 26 heavy (non-hydrogen) atoms. The maximum absolute atomic E-state index is 12.6. The lowest BCUT2D eigenvalue weighted by atomic mass is 10.1. The fourth-order valence-corrected chi connectivity index (χ4v) is 6.62. The van der Waals surface area contributed by atoms with E-state index in [1.54, 1.807) is 48.6 Å². The molecule has 0 saturated carbocycles. The molecule has 6 nitrogen and oxygen atoms in total. The van der Waals surface area contributed by atoms with Crippen molar-refractivity contribution < 1.29 is 8.42 Å². The molecule has 1 aliphatic heterocycles. The summed E-state index contributed by atoms with van der Waals surface area (Å²) in [4.78, 5) is 0.227. The topological polar surface area (TPSA) is 94.0 Å². The van der Waals surface area contributed by atoms with Crippen LogP contribution in [0.1, 0.15) is 11.1 Å². The maximum atomic E-state index is 12.6. The highest BCUT2D eigenvalue weighted by Crippen LogP contribution is 2.29. The third-order valence-electron chi connectivity index (χ3n) is 3.56. The van der Waals surface area contributed by atoms with E-state index >= 15 is 0 Å². The molecular weight excluding hydrogens is 465 g/mol. The van der Waals surface area contributed by atoms with Crippen LogP contribution in [0.15, 0.2) is 85.8 Å². The third kappa shape index (κ3) is 4.25. The van der Waals surface area contributed by atoms with E-state index in [0.717, 1.165) is 14.6 Å². The number of nitrogens with one attached hydrogen (secondary N) is 1. The minimum Gasteiger partial charge on any atom is -0.775 e. The largest absolute Gasteiger partial charge is 0.775 e. The number of halogens is 1. The predicted octanol–water partition coefficient (Wildman–Crippen LogP) is 4.46. The van der Waals surface area contributed by atoms with Gasteiger partial charge in [-0.2, -0.15) is 5.11 Å². The Labute approximate surface area is 161 Å². The zero-order valence-corrected chi connectivity index (χ0v) is 16.7. The average molecular weight is 480 g/mol. The second-order valence-electron chi connectivity index (χ2n) is 5.43. The Morgan fingerprint density at radius 1 is 1.08 bits per heavy atom. The summed E-state index contributed by atoms with van der Waals surface area (Å²) in [7, 11) is -3.63. The van der Waals surface area contributed by atoms with Gasteiger partial charge in [0, 0.05) is 9.07 Å².